The van der Waals surface area contributed by atoms with Crippen molar-refractivity contribution in [1.82, 2.24) is 5.32 Å². The van der Waals surface area contributed by atoms with Crippen molar-refractivity contribution >= 4 is 38.9 Å². The zero-order valence-electron chi connectivity index (χ0n) is 11.5. The Kier molecular flexibility index (Phi) is 3.97. The summed E-state index contributed by atoms with van der Waals surface area (Å²) in [7, 11) is 0. The summed E-state index contributed by atoms with van der Waals surface area (Å²) in [6.07, 6.45) is 1.10. The van der Waals surface area contributed by atoms with E-state index in [1.165, 1.54) is 20.5 Å². The van der Waals surface area contributed by atoms with Crippen molar-refractivity contribution in [3.05, 3.63) is 55.1 Å². The molecule has 0 radical (unpaired) electrons. The van der Waals surface area contributed by atoms with Gasteiger partial charge in [0.05, 0.1) is 0 Å². The lowest BCUT2D eigenvalue weighted by atomic mass is 9.85. The molecule has 3 rings (SSSR count). The van der Waals surface area contributed by atoms with E-state index in [2.05, 4.69) is 58.7 Å². The number of rotatable bonds is 3. The first-order chi connectivity index (χ1) is 9.47. The first-order valence-electron chi connectivity index (χ1n) is 6.71. The minimum absolute atomic E-state index is 0.219. The number of benzene rings is 1. The molecule has 1 aliphatic carbocycles. The maximum absolute atomic E-state index is 6.17. The van der Waals surface area contributed by atoms with Gasteiger partial charge in [-0.1, -0.05) is 31.5 Å². The number of hydrogen-bond donors (Lipinski definition) is 1. The third kappa shape index (κ3) is 2.69. The molecule has 1 aliphatic rings. The van der Waals surface area contributed by atoms with E-state index >= 15 is 0 Å². The Balaban J connectivity index is 1.85. The zero-order valence-corrected chi connectivity index (χ0v) is 14.7. The molecule has 1 nitrogen and oxygen atoms in total. The molecule has 4 heteroatoms. The van der Waals surface area contributed by atoms with Crippen molar-refractivity contribution in [3.8, 4) is 0 Å². The highest BCUT2D eigenvalue weighted by Crippen LogP contribution is 2.46. The largest absolute Gasteiger partial charge is 0.304 e. The van der Waals surface area contributed by atoms with Crippen LogP contribution in [0, 0.1) is 5.41 Å². The second-order valence-corrected chi connectivity index (χ2v) is 8.31. The third-order valence-electron chi connectivity index (χ3n) is 4.00. The topological polar surface area (TPSA) is 12.0 Å². The molecule has 1 aromatic carbocycles. The summed E-state index contributed by atoms with van der Waals surface area (Å²) in [4.78, 5) is 1.34. The van der Waals surface area contributed by atoms with Crippen LogP contribution in [0.5, 0.6) is 0 Å². The number of hydrogen-bond acceptors (Lipinski definition) is 2. The maximum Gasteiger partial charge on any atom is 0.0409 e. The first-order valence-corrected chi connectivity index (χ1v) is 8.76. The Hall–Kier alpha value is -0.350. The van der Waals surface area contributed by atoms with Crippen LogP contribution in [0.25, 0.3) is 0 Å². The number of nitrogens with one attached hydrogen (secondary N) is 1. The van der Waals surface area contributed by atoms with Gasteiger partial charge in [0, 0.05) is 27.0 Å². The van der Waals surface area contributed by atoms with E-state index in [0.29, 0.717) is 6.04 Å². The Morgan fingerprint density at radius 1 is 1.40 bits per heavy atom. The van der Waals surface area contributed by atoms with E-state index in [1.807, 2.05) is 6.07 Å². The summed E-state index contributed by atoms with van der Waals surface area (Å²) < 4.78 is 1.19. The molecule has 0 amide bonds. The second-order valence-electron chi connectivity index (χ2n) is 6.01. The van der Waals surface area contributed by atoms with Crippen molar-refractivity contribution in [3.63, 3.8) is 0 Å². The monoisotopic (exact) mass is 369 g/mol. The van der Waals surface area contributed by atoms with Gasteiger partial charge >= 0.3 is 0 Å². The minimum Gasteiger partial charge on any atom is -0.304 e. The van der Waals surface area contributed by atoms with E-state index < -0.39 is 0 Å². The van der Waals surface area contributed by atoms with E-state index in [1.54, 1.807) is 11.3 Å². The van der Waals surface area contributed by atoms with Crippen LogP contribution in [-0.2, 0) is 13.0 Å². The fraction of sp³-hybridized carbons (Fsp3) is 0.375. The average Bonchev–Trinajstić information content (AvgIpc) is 2.88. The standard InChI is InChI=1S/C16H17BrClNS/c1-16(2)8-10-3-4-11(18)7-12(10)15(16)19-9-14-13(17)5-6-20-14/h3-7,15,19H,8-9H2,1-2H3. The van der Waals surface area contributed by atoms with Crippen LogP contribution >= 0.6 is 38.9 Å². The van der Waals surface area contributed by atoms with Gasteiger partial charge < -0.3 is 5.32 Å². The molecule has 0 saturated carbocycles. The molecule has 0 fully saturated rings. The molecule has 0 spiro atoms. The van der Waals surface area contributed by atoms with Gasteiger partial charge in [-0.2, -0.15) is 0 Å². The molecule has 1 heterocycles. The van der Waals surface area contributed by atoms with Gasteiger partial charge in [0.25, 0.3) is 0 Å². The lowest BCUT2D eigenvalue weighted by Crippen LogP contribution is -2.30. The lowest BCUT2D eigenvalue weighted by Gasteiger charge is -2.28. The predicted molar refractivity (Wildman–Crippen MR) is 90.5 cm³/mol. The molecule has 1 aromatic heterocycles. The predicted octanol–water partition coefficient (Wildman–Crippen LogP) is 5.58. The molecule has 0 aliphatic heterocycles. The minimum atomic E-state index is 0.219. The van der Waals surface area contributed by atoms with Crippen LogP contribution in [0.1, 0.15) is 35.9 Å². The van der Waals surface area contributed by atoms with Crippen molar-refractivity contribution in [2.75, 3.05) is 0 Å². The van der Waals surface area contributed by atoms with Crippen molar-refractivity contribution < 1.29 is 0 Å². The fourth-order valence-electron chi connectivity index (χ4n) is 3.04. The van der Waals surface area contributed by atoms with Gasteiger partial charge in [0.2, 0.25) is 0 Å². The molecule has 1 N–H and O–H groups in total. The van der Waals surface area contributed by atoms with E-state index in [0.717, 1.165) is 18.0 Å². The highest BCUT2D eigenvalue weighted by atomic mass is 79.9. The van der Waals surface area contributed by atoms with Crippen molar-refractivity contribution in [2.45, 2.75) is 32.9 Å². The highest BCUT2D eigenvalue weighted by Gasteiger charge is 2.38. The summed E-state index contributed by atoms with van der Waals surface area (Å²) in [5, 5.41) is 6.66. The molecule has 106 valence electrons. The highest BCUT2D eigenvalue weighted by molar-refractivity contribution is 9.10. The van der Waals surface area contributed by atoms with Crippen molar-refractivity contribution in [2.24, 2.45) is 5.41 Å². The fourth-order valence-corrected chi connectivity index (χ4v) is 4.67. The summed E-state index contributed by atoms with van der Waals surface area (Å²) in [6.45, 7) is 5.53. The average molecular weight is 371 g/mol. The van der Waals surface area contributed by atoms with Crippen LogP contribution < -0.4 is 5.32 Å². The summed E-state index contributed by atoms with van der Waals surface area (Å²) in [6, 6.07) is 8.74. The Bertz CT molecular complexity index is 635. The summed E-state index contributed by atoms with van der Waals surface area (Å²) in [5.74, 6) is 0. The number of thiophene rings is 1. The van der Waals surface area contributed by atoms with Crippen LogP contribution in [0.2, 0.25) is 5.02 Å². The van der Waals surface area contributed by atoms with Gasteiger partial charge in [0.1, 0.15) is 0 Å². The molecule has 2 aromatic rings. The Morgan fingerprint density at radius 3 is 2.90 bits per heavy atom. The second kappa shape index (κ2) is 5.45. The molecule has 20 heavy (non-hydrogen) atoms. The van der Waals surface area contributed by atoms with Gasteiger partial charge in [0.15, 0.2) is 0 Å². The van der Waals surface area contributed by atoms with E-state index in [-0.39, 0.29) is 5.41 Å². The molecule has 1 unspecified atom stereocenters. The molecule has 0 saturated heterocycles. The van der Waals surface area contributed by atoms with Crippen LogP contribution in [0.15, 0.2) is 34.1 Å². The van der Waals surface area contributed by atoms with E-state index in [9.17, 15) is 0 Å². The van der Waals surface area contributed by atoms with Crippen LogP contribution in [0.4, 0.5) is 0 Å². The van der Waals surface area contributed by atoms with Gasteiger partial charge in [-0.3, -0.25) is 0 Å². The smallest absolute Gasteiger partial charge is 0.0409 e. The Morgan fingerprint density at radius 2 is 2.20 bits per heavy atom. The third-order valence-corrected chi connectivity index (χ3v) is 6.17. The number of fused-ring (bicyclic) bond motifs is 1. The van der Waals surface area contributed by atoms with E-state index in [4.69, 9.17) is 11.6 Å². The maximum atomic E-state index is 6.17. The SMILES string of the molecule is CC1(C)Cc2ccc(Cl)cc2C1NCc1sccc1Br. The normalized spacial score (nSPS) is 20.1. The lowest BCUT2D eigenvalue weighted by molar-refractivity contribution is 0.268. The van der Waals surface area contributed by atoms with Gasteiger partial charge in [-0.15, -0.1) is 11.3 Å². The zero-order chi connectivity index (χ0) is 14.3. The van der Waals surface area contributed by atoms with Crippen LogP contribution in [0.3, 0.4) is 0 Å². The Labute approximate surface area is 137 Å². The molecule has 1 atom stereocenters. The van der Waals surface area contributed by atoms with Gasteiger partial charge in [-0.25, -0.2) is 0 Å². The molecule has 0 bridgehead atoms. The molecular formula is C16H17BrClNS. The molecular weight excluding hydrogens is 354 g/mol. The van der Waals surface area contributed by atoms with Crippen molar-refractivity contribution in [1.29, 1.82) is 0 Å². The summed E-state index contributed by atoms with van der Waals surface area (Å²) in [5.41, 5.74) is 2.99. The number of halogens is 2. The quantitative estimate of drug-likeness (QED) is 0.744. The van der Waals surface area contributed by atoms with Gasteiger partial charge in [-0.05, 0) is 62.5 Å². The van der Waals surface area contributed by atoms with Crippen LogP contribution in [-0.4, -0.2) is 0 Å². The summed E-state index contributed by atoms with van der Waals surface area (Å²) >= 11 is 11.6. The first kappa shape index (κ1) is 14.6.